The molecule has 1 rings (SSSR count). The summed E-state index contributed by atoms with van der Waals surface area (Å²) in [6.45, 7) is 3.93. The van der Waals surface area contributed by atoms with Crippen LogP contribution in [0.15, 0.2) is 0 Å². The quantitative estimate of drug-likeness (QED) is 0.654. The lowest BCUT2D eigenvalue weighted by Crippen LogP contribution is -2.43. The molecule has 0 amide bonds. The van der Waals surface area contributed by atoms with Gasteiger partial charge in [0.25, 0.3) is 0 Å². The maximum Gasteiger partial charge on any atom is 0.248 e. The van der Waals surface area contributed by atoms with E-state index in [-0.39, 0.29) is 30.7 Å². The molecule has 0 heterocycles. The number of halogens is 2. The standard InChI is InChI=1S/C9H17F2N/c1-6(2)7-5-9(10,11)4-3-8(7)12/h6-8H,3-5,12H2,1-2H3. The molecule has 1 aliphatic carbocycles. The maximum absolute atomic E-state index is 12.9. The highest BCUT2D eigenvalue weighted by Gasteiger charge is 2.40. The molecular weight excluding hydrogens is 160 g/mol. The molecule has 3 heteroatoms. The van der Waals surface area contributed by atoms with Crippen molar-refractivity contribution in [1.82, 2.24) is 0 Å². The Hall–Kier alpha value is -0.180. The van der Waals surface area contributed by atoms with E-state index in [2.05, 4.69) is 0 Å². The van der Waals surface area contributed by atoms with Crippen molar-refractivity contribution in [3.8, 4) is 0 Å². The van der Waals surface area contributed by atoms with Crippen molar-refractivity contribution in [2.75, 3.05) is 0 Å². The Bertz CT molecular complexity index is 157. The van der Waals surface area contributed by atoms with E-state index in [1.165, 1.54) is 0 Å². The van der Waals surface area contributed by atoms with Gasteiger partial charge in [-0.15, -0.1) is 0 Å². The van der Waals surface area contributed by atoms with E-state index in [1.807, 2.05) is 13.8 Å². The third-order valence-corrected chi connectivity index (χ3v) is 2.78. The van der Waals surface area contributed by atoms with Gasteiger partial charge in [-0.1, -0.05) is 13.8 Å². The summed E-state index contributed by atoms with van der Waals surface area (Å²) in [5.41, 5.74) is 5.77. The number of hydrogen-bond acceptors (Lipinski definition) is 1. The molecule has 0 aromatic heterocycles. The first-order valence-corrected chi connectivity index (χ1v) is 4.56. The van der Waals surface area contributed by atoms with E-state index in [1.54, 1.807) is 0 Å². The smallest absolute Gasteiger partial charge is 0.248 e. The van der Waals surface area contributed by atoms with E-state index >= 15 is 0 Å². The average Bonchev–Trinajstić information content (AvgIpc) is 1.94. The van der Waals surface area contributed by atoms with Gasteiger partial charge in [-0.2, -0.15) is 0 Å². The van der Waals surface area contributed by atoms with Gasteiger partial charge in [-0.05, 0) is 18.3 Å². The molecule has 0 aromatic carbocycles. The van der Waals surface area contributed by atoms with Crippen LogP contribution in [0.3, 0.4) is 0 Å². The summed E-state index contributed by atoms with van der Waals surface area (Å²) in [5, 5.41) is 0. The van der Waals surface area contributed by atoms with Gasteiger partial charge < -0.3 is 5.73 Å². The first kappa shape index (κ1) is 9.90. The van der Waals surface area contributed by atoms with Crippen LogP contribution in [0.1, 0.15) is 33.1 Å². The molecule has 0 aliphatic heterocycles. The molecule has 1 fully saturated rings. The van der Waals surface area contributed by atoms with E-state index < -0.39 is 5.92 Å². The van der Waals surface area contributed by atoms with Crippen LogP contribution in [0.5, 0.6) is 0 Å². The molecule has 2 atom stereocenters. The van der Waals surface area contributed by atoms with Gasteiger partial charge in [-0.25, -0.2) is 8.78 Å². The second kappa shape index (κ2) is 3.29. The normalized spacial score (nSPS) is 35.5. The highest BCUT2D eigenvalue weighted by molar-refractivity contribution is 4.87. The van der Waals surface area contributed by atoms with Gasteiger partial charge in [0.05, 0.1) is 0 Å². The first-order chi connectivity index (χ1) is 5.42. The van der Waals surface area contributed by atoms with Crippen LogP contribution in [0.4, 0.5) is 8.78 Å². The minimum Gasteiger partial charge on any atom is -0.327 e. The van der Waals surface area contributed by atoms with Crippen LogP contribution in [-0.2, 0) is 0 Å². The van der Waals surface area contributed by atoms with Crippen molar-refractivity contribution >= 4 is 0 Å². The third-order valence-electron chi connectivity index (χ3n) is 2.78. The molecule has 2 N–H and O–H groups in total. The minimum atomic E-state index is -2.47. The number of rotatable bonds is 1. The van der Waals surface area contributed by atoms with Crippen molar-refractivity contribution in [3.63, 3.8) is 0 Å². The van der Waals surface area contributed by atoms with Crippen molar-refractivity contribution in [3.05, 3.63) is 0 Å². The summed E-state index contributed by atoms with van der Waals surface area (Å²) in [5.74, 6) is -2.20. The Balaban J connectivity index is 2.59. The van der Waals surface area contributed by atoms with Gasteiger partial charge in [-0.3, -0.25) is 0 Å². The molecule has 0 spiro atoms. The van der Waals surface area contributed by atoms with Gasteiger partial charge in [0, 0.05) is 18.9 Å². The first-order valence-electron chi connectivity index (χ1n) is 4.56. The molecule has 1 aliphatic rings. The zero-order chi connectivity index (χ0) is 9.35. The molecule has 0 aromatic rings. The van der Waals surface area contributed by atoms with Gasteiger partial charge in [0.1, 0.15) is 0 Å². The van der Waals surface area contributed by atoms with Crippen LogP contribution in [-0.4, -0.2) is 12.0 Å². The Morgan fingerprint density at radius 2 is 2.00 bits per heavy atom. The highest BCUT2D eigenvalue weighted by Crippen LogP contribution is 2.39. The lowest BCUT2D eigenvalue weighted by atomic mass is 9.76. The minimum absolute atomic E-state index is 0.00579. The fourth-order valence-electron chi connectivity index (χ4n) is 1.92. The largest absolute Gasteiger partial charge is 0.327 e. The van der Waals surface area contributed by atoms with Crippen LogP contribution in [0.2, 0.25) is 0 Å². The van der Waals surface area contributed by atoms with E-state index in [9.17, 15) is 8.78 Å². The average molecular weight is 177 g/mol. The van der Waals surface area contributed by atoms with Crippen molar-refractivity contribution in [2.45, 2.75) is 45.1 Å². The molecule has 2 unspecified atom stereocenters. The zero-order valence-corrected chi connectivity index (χ0v) is 7.69. The molecule has 12 heavy (non-hydrogen) atoms. The summed E-state index contributed by atoms with van der Waals surface area (Å²) in [7, 11) is 0. The molecule has 0 bridgehead atoms. The molecule has 0 radical (unpaired) electrons. The second-order valence-corrected chi connectivity index (χ2v) is 4.17. The number of nitrogens with two attached hydrogens (primary N) is 1. The van der Waals surface area contributed by atoms with E-state index in [0.29, 0.717) is 6.42 Å². The topological polar surface area (TPSA) is 26.0 Å². The number of alkyl halides is 2. The molecule has 72 valence electrons. The zero-order valence-electron chi connectivity index (χ0n) is 7.69. The molecule has 1 saturated carbocycles. The monoisotopic (exact) mass is 177 g/mol. The lowest BCUT2D eigenvalue weighted by molar-refractivity contribution is -0.0654. The van der Waals surface area contributed by atoms with Crippen molar-refractivity contribution in [2.24, 2.45) is 17.6 Å². The molecule has 0 saturated heterocycles. The predicted molar refractivity (Wildman–Crippen MR) is 45.1 cm³/mol. The summed E-state index contributed by atoms with van der Waals surface area (Å²) in [4.78, 5) is 0. The van der Waals surface area contributed by atoms with Crippen LogP contribution >= 0.6 is 0 Å². The lowest BCUT2D eigenvalue weighted by Gasteiger charge is -2.36. The van der Waals surface area contributed by atoms with Crippen molar-refractivity contribution in [1.29, 1.82) is 0 Å². The Labute approximate surface area is 72.3 Å². The Kier molecular flexibility index (Phi) is 2.71. The Morgan fingerprint density at radius 1 is 1.42 bits per heavy atom. The summed E-state index contributed by atoms with van der Waals surface area (Å²) in [6.07, 6.45) is 0.416. The second-order valence-electron chi connectivity index (χ2n) is 4.17. The fraction of sp³-hybridized carbons (Fsp3) is 1.00. The summed E-state index contributed by atoms with van der Waals surface area (Å²) in [6, 6.07) is -0.0235. The van der Waals surface area contributed by atoms with Gasteiger partial charge >= 0.3 is 0 Å². The highest BCUT2D eigenvalue weighted by atomic mass is 19.3. The van der Waals surface area contributed by atoms with Crippen LogP contribution in [0, 0.1) is 11.8 Å². The summed E-state index contributed by atoms with van der Waals surface area (Å²) < 4.78 is 25.9. The van der Waals surface area contributed by atoms with E-state index in [4.69, 9.17) is 5.73 Å². The molecular formula is C9H17F2N. The van der Waals surface area contributed by atoms with Crippen LogP contribution < -0.4 is 5.73 Å². The Morgan fingerprint density at radius 3 is 2.42 bits per heavy atom. The van der Waals surface area contributed by atoms with Crippen molar-refractivity contribution < 1.29 is 8.78 Å². The maximum atomic E-state index is 12.9. The van der Waals surface area contributed by atoms with E-state index in [0.717, 1.165) is 0 Å². The number of hydrogen-bond donors (Lipinski definition) is 1. The fourth-order valence-corrected chi connectivity index (χ4v) is 1.92. The van der Waals surface area contributed by atoms with Gasteiger partial charge in [0.15, 0.2) is 0 Å². The van der Waals surface area contributed by atoms with Crippen LogP contribution in [0.25, 0.3) is 0 Å². The van der Waals surface area contributed by atoms with Gasteiger partial charge in [0.2, 0.25) is 5.92 Å². The summed E-state index contributed by atoms with van der Waals surface area (Å²) >= 11 is 0. The predicted octanol–water partition coefficient (Wildman–Crippen LogP) is 2.41. The SMILES string of the molecule is CC(C)C1CC(F)(F)CCC1N. The molecule has 1 nitrogen and oxygen atoms in total. The third kappa shape index (κ3) is 2.16.